The highest BCUT2D eigenvalue weighted by Gasteiger charge is 2.32. The molecule has 0 radical (unpaired) electrons. The first-order valence-electron chi connectivity index (χ1n) is 8.36. The van der Waals surface area contributed by atoms with E-state index in [-0.39, 0.29) is 36.3 Å². The van der Waals surface area contributed by atoms with Crippen molar-refractivity contribution in [1.82, 2.24) is 0 Å². The van der Waals surface area contributed by atoms with Gasteiger partial charge in [0.15, 0.2) is 0 Å². The van der Waals surface area contributed by atoms with Crippen LogP contribution in [-0.4, -0.2) is 31.6 Å². The number of ether oxygens (including phenoxy) is 2. The summed E-state index contributed by atoms with van der Waals surface area (Å²) in [6.07, 6.45) is 2.78. The van der Waals surface area contributed by atoms with Gasteiger partial charge < -0.3 is 20.5 Å². The van der Waals surface area contributed by atoms with E-state index in [2.05, 4.69) is 5.32 Å². The summed E-state index contributed by atoms with van der Waals surface area (Å²) in [4.78, 5) is 24.4. The number of benzene rings is 1. The predicted molar refractivity (Wildman–Crippen MR) is 99.3 cm³/mol. The number of hydrogen-bond donors (Lipinski definition) is 2. The summed E-state index contributed by atoms with van der Waals surface area (Å²) in [6, 6.07) is 4.89. The molecule has 0 unspecified atom stereocenters. The van der Waals surface area contributed by atoms with Crippen LogP contribution in [0.4, 0.5) is 5.69 Å². The van der Waals surface area contributed by atoms with Gasteiger partial charge in [0.1, 0.15) is 5.75 Å². The maximum Gasteiger partial charge on any atom is 0.337 e. The van der Waals surface area contributed by atoms with Crippen molar-refractivity contribution in [1.29, 1.82) is 0 Å². The highest BCUT2D eigenvalue weighted by atomic mass is 35.5. The second-order valence-corrected chi connectivity index (χ2v) is 6.39. The number of halogens is 1. The van der Waals surface area contributed by atoms with Crippen LogP contribution in [0.15, 0.2) is 18.2 Å². The number of nitrogens with one attached hydrogen (secondary N) is 1. The van der Waals surface area contributed by atoms with Crippen LogP contribution in [0.3, 0.4) is 0 Å². The van der Waals surface area contributed by atoms with Crippen LogP contribution in [0.1, 0.15) is 43.5 Å². The number of carbonyl (C=O) groups excluding carboxylic acids is 2. The van der Waals surface area contributed by atoms with E-state index in [1.54, 1.807) is 18.2 Å². The number of esters is 1. The van der Waals surface area contributed by atoms with Gasteiger partial charge in [0, 0.05) is 5.92 Å². The van der Waals surface area contributed by atoms with Crippen LogP contribution in [-0.2, 0) is 9.53 Å². The van der Waals surface area contributed by atoms with Crippen molar-refractivity contribution in [2.24, 2.45) is 17.6 Å². The highest BCUT2D eigenvalue weighted by molar-refractivity contribution is 5.97. The van der Waals surface area contributed by atoms with Crippen molar-refractivity contribution in [2.45, 2.75) is 39.2 Å². The van der Waals surface area contributed by atoms with Gasteiger partial charge in [-0.25, -0.2) is 4.79 Å². The van der Waals surface area contributed by atoms with Crippen molar-refractivity contribution >= 4 is 30.0 Å². The zero-order valence-corrected chi connectivity index (χ0v) is 15.7. The van der Waals surface area contributed by atoms with Gasteiger partial charge in [0.2, 0.25) is 5.91 Å². The lowest BCUT2D eigenvalue weighted by atomic mass is 9.95. The minimum atomic E-state index is -0.456. The molecule has 7 heteroatoms. The molecule has 0 spiro atoms. The SMILES string of the molecule is COC(=O)c1ccc(OC(C)C)c(NC(=O)[C@@H]2CCC[C@@H]2CN)c1.Cl. The molecule has 6 nitrogen and oxygen atoms in total. The minimum absolute atomic E-state index is 0. The fraction of sp³-hybridized carbons (Fsp3) is 0.556. The third kappa shape index (κ3) is 5.34. The van der Waals surface area contributed by atoms with E-state index < -0.39 is 5.97 Å². The van der Waals surface area contributed by atoms with Crippen LogP contribution in [0.25, 0.3) is 0 Å². The number of rotatable bonds is 6. The Hall–Kier alpha value is -1.79. The lowest BCUT2D eigenvalue weighted by Gasteiger charge is -2.20. The van der Waals surface area contributed by atoms with Gasteiger partial charge in [-0.2, -0.15) is 0 Å². The predicted octanol–water partition coefficient (Wildman–Crippen LogP) is 3.00. The first-order valence-corrected chi connectivity index (χ1v) is 8.36. The summed E-state index contributed by atoms with van der Waals surface area (Å²) < 4.78 is 10.5. The van der Waals surface area contributed by atoms with E-state index in [1.165, 1.54) is 7.11 Å². The minimum Gasteiger partial charge on any atom is -0.489 e. The molecule has 3 N–H and O–H groups in total. The largest absolute Gasteiger partial charge is 0.489 e. The van der Waals surface area contributed by atoms with Gasteiger partial charge in [-0.15, -0.1) is 12.4 Å². The van der Waals surface area contributed by atoms with E-state index in [1.807, 2.05) is 13.8 Å². The molecule has 25 heavy (non-hydrogen) atoms. The second kappa shape index (κ2) is 9.63. The number of methoxy groups -OCH3 is 1. The Morgan fingerprint density at radius 2 is 2.04 bits per heavy atom. The molecule has 1 aromatic carbocycles. The number of anilines is 1. The zero-order valence-electron chi connectivity index (χ0n) is 14.9. The normalized spacial score (nSPS) is 19.2. The molecule has 1 fully saturated rings. The summed E-state index contributed by atoms with van der Waals surface area (Å²) in [5, 5.41) is 2.91. The van der Waals surface area contributed by atoms with Gasteiger partial charge in [0.25, 0.3) is 0 Å². The van der Waals surface area contributed by atoms with Crippen LogP contribution in [0.5, 0.6) is 5.75 Å². The van der Waals surface area contributed by atoms with Crippen molar-refractivity contribution in [3.05, 3.63) is 23.8 Å². The Balaban J connectivity index is 0.00000312. The van der Waals surface area contributed by atoms with Crippen molar-refractivity contribution in [2.75, 3.05) is 19.0 Å². The Bertz CT molecular complexity index is 607. The molecular weight excluding hydrogens is 344 g/mol. The maximum atomic E-state index is 12.6. The number of hydrogen-bond acceptors (Lipinski definition) is 5. The quantitative estimate of drug-likeness (QED) is 0.751. The van der Waals surface area contributed by atoms with Crippen molar-refractivity contribution < 1.29 is 19.1 Å². The summed E-state index contributed by atoms with van der Waals surface area (Å²) in [7, 11) is 1.32. The molecule has 0 saturated heterocycles. The molecule has 1 amide bonds. The molecule has 0 bridgehead atoms. The first-order chi connectivity index (χ1) is 11.5. The summed E-state index contributed by atoms with van der Waals surface area (Å²) in [6.45, 7) is 4.32. The van der Waals surface area contributed by atoms with E-state index in [0.717, 1.165) is 19.3 Å². The molecule has 0 aromatic heterocycles. The molecule has 0 aliphatic heterocycles. The van der Waals surface area contributed by atoms with E-state index in [9.17, 15) is 9.59 Å². The molecule has 1 aliphatic carbocycles. The summed E-state index contributed by atoms with van der Waals surface area (Å²) in [5.74, 6) is 0.126. The lowest BCUT2D eigenvalue weighted by Crippen LogP contribution is -2.30. The first kappa shape index (κ1) is 21.3. The lowest BCUT2D eigenvalue weighted by molar-refractivity contribution is -0.120. The van der Waals surface area contributed by atoms with E-state index >= 15 is 0 Å². The van der Waals surface area contributed by atoms with Crippen LogP contribution < -0.4 is 15.8 Å². The van der Waals surface area contributed by atoms with E-state index in [0.29, 0.717) is 23.5 Å². The summed E-state index contributed by atoms with van der Waals surface area (Å²) >= 11 is 0. The standard InChI is InChI=1S/C18H26N2O4.ClH/c1-11(2)24-16-8-7-12(18(22)23-3)9-15(16)20-17(21)14-6-4-5-13(14)10-19;/h7-9,11,13-14H,4-6,10,19H2,1-3H3,(H,20,21);1H/t13-,14-;/m1./s1. The van der Waals surface area contributed by atoms with Gasteiger partial charge in [-0.3, -0.25) is 4.79 Å². The van der Waals surface area contributed by atoms with Gasteiger partial charge in [-0.05, 0) is 57.4 Å². The van der Waals surface area contributed by atoms with Gasteiger partial charge >= 0.3 is 5.97 Å². The monoisotopic (exact) mass is 370 g/mol. The molecule has 0 heterocycles. The number of amides is 1. The molecule has 1 saturated carbocycles. The van der Waals surface area contributed by atoms with Crippen LogP contribution >= 0.6 is 12.4 Å². The summed E-state index contributed by atoms with van der Waals surface area (Å²) in [5.41, 5.74) is 6.62. The molecule has 140 valence electrons. The smallest absolute Gasteiger partial charge is 0.337 e. The fourth-order valence-electron chi connectivity index (χ4n) is 3.12. The van der Waals surface area contributed by atoms with Crippen LogP contribution in [0.2, 0.25) is 0 Å². The van der Waals surface area contributed by atoms with Crippen molar-refractivity contribution in [3.63, 3.8) is 0 Å². The Morgan fingerprint density at radius 3 is 2.64 bits per heavy atom. The maximum absolute atomic E-state index is 12.6. The Kier molecular flexibility index (Phi) is 8.19. The third-order valence-electron chi connectivity index (χ3n) is 4.32. The second-order valence-electron chi connectivity index (χ2n) is 6.39. The van der Waals surface area contributed by atoms with Gasteiger partial charge in [-0.1, -0.05) is 6.42 Å². The molecule has 2 atom stereocenters. The topological polar surface area (TPSA) is 90.6 Å². The van der Waals surface area contributed by atoms with Crippen LogP contribution in [0, 0.1) is 11.8 Å². The molecule has 1 aromatic rings. The average molecular weight is 371 g/mol. The molecular formula is C18H27ClN2O4. The van der Waals surface area contributed by atoms with Gasteiger partial charge in [0.05, 0.1) is 24.5 Å². The average Bonchev–Trinajstić information content (AvgIpc) is 3.04. The number of carbonyl (C=O) groups is 2. The third-order valence-corrected chi connectivity index (χ3v) is 4.32. The van der Waals surface area contributed by atoms with Crippen molar-refractivity contribution in [3.8, 4) is 5.75 Å². The molecule has 1 aliphatic rings. The zero-order chi connectivity index (χ0) is 17.7. The number of nitrogens with two attached hydrogens (primary N) is 1. The molecule has 2 rings (SSSR count). The Labute approximate surface area is 154 Å². The Morgan fingerprint density at radius 1 is 1.32 bits per heavy atom. The fourth-order valence-corrected chi connectivity index (χ4v) is 3.12. The van der Waals surface area contributed by atoms with E-state index in [4.69, 9.17) is 15.2 Å². The highest BCUT2D eigenvalue weighted by Crippen LogP contribution is 2.34.